The molecule has 0 radical (unpaired) electrons. The van der Waals surface area contributed by atoms with Gasteiger partial charge in [-0.1, -0.05) is 13.8 Å². The minimum atomic E-state index is -0.491. The summed E-state index contributed by atoms with van der Waals surface area (Å²) < 4.78 is 12.0. The first-order chi connectivity index (χ1) is 4.10. The van der Waals surface area contributed by atoms with Crippen molar-refractivity contribution in [1.29, 1.82) is 0 Å². The molecule has 56 valence electrons. The molecule has 0 unspecified atom stereocenters. The van der Waals surface area contributed by atoms with Crippen molar-refractivity contribution in [3.8, 4) is 0 Å². The van der Waals surface area contributed by atoms with Crippen LogP contribution < -0.4 is 5.73 Å². The van der Waals surface area contributed by atoms with E-state index in [0.29, 0.717) is 5.41 Å². The molecule has 0 atom stereocenters. The molecule has 0 aromatic rings. The molecule has 2 heteroatoms. The van der Waals surface area contributed by atoms with E-state index in [1.165, 1.54) is 7.05 Å². The summed E-state index contributed by atoms with van der Waals surface area (Å²) in [5, 5.41) is 0. The zero-order valence-corrected chi connectivity index (χ0v) is 6.45. The molecule has 1 aliphatic rings. The fraction of sp³-hybridized carbons (Fsp3) is 1.00. The highest BCUT2D eigenvalue weighted by atomic mass is 19.1. The van der Waals surface area contributed by atoms with Gasteiger partial charge >= 0.3 is 0 Å². The third-order valence-corrected chi connectivity index (χ3v) is 1.55. The number of rotatable bonds is 0. The third-order valence-electron chi connectivity index (χ3n) is 1.55. The van der Waals surface area contributed by atoms with Crippen molar-refractivity contribution in [3.63, 3.8) is 0 Å². The van der Waals surface area contributed by atoms with Gasteiger partial charge in [-0.3, -0.25) is 0 Å². The van der Waals surface area contributed by atoms with Crippen molar-refractivity contribution < 1.29 is 4.39 Å². The van der Waals surface area contributed by atoms with Crippen LogP contribution in [0.25, 0.3) is 0 Å². The summed E-state index contributed by atoms with van der Waals surface area (Å²) in [5.74, 6) is 0. The van der Waals surface area contributed by atoms with E-state index in [1.54, 1.807) is 0 Å². The van der Waals surface area contributed by atoms with Crippen molar-refractivity contribution in [1.82, 2.24) is 0 Å². The van der Waals surface area contributed by atoms with Crippen LogP contribution in [0.2, 0.25) is 0 Å². The lowest BCUT2D eigenvalue weighted by atomic mass is 9.71. The standard InChI is InChI=1S/C6H11F.CH5N/c1-6(2)3-5(7)4-6;1-2/h5H,3-4H2,1-2H3;2H2,1H3. The molecule has 1 rings (SSSR count). The summed E-state index contributed by atoms with van der Waals surface area (Å²) in [6.45, 7) is 4.20. The Balaban J connectivity index is 0.000000291. The van der Waals surface area contributed by atoms with E-state index in [2.05, 4.69) is 19.6 Å². The third kappa shape index (κ3) is 2.80. The maximum atomic E-state index is 12.0. The van der Waals surface area contributed by atoms with Gasteiger partial charge in [0.25, 0.3) is 0 Å². The Morgan fingerprint density at radius 2 is 1.67 bits per heavy atom. The molecular weight excluding hydrogens is 117 g/mol. The lowest BCUT2D eigenvalue weighted by Crippen LogP contribution is -2.32. The second-order valence-electron chi connectivity index (χ2n) is 3.17. The first kappa shape index (κ1) is 8.89. The van der Waals surface area contributed by atoms with Crippen LogP contribution in [-0.2, 0) is 0 Å². The van der Waals surface area contributed by atoms with Gasteiger partial charge in [-0.25, -0.2) is 4.39 Å². The van der Waals surface area contributed by atoms with Crippen LogP contribution in [0.4, 0.5) is 4.39 Å². The molecule has 0 spiro atoms. The van der Waals surface area contributed by atoms with Crippen LogP contribution in [-0.4, -0.2) is 13.2 Å². The Morgan fingerprint density at radius 1 is 1.33 bits per heavy atom. The van der Waals surface area contributed by atoms with E-state index < -0.39 is 6.17 Å². The van der Waals surface area contributed by atoms with Gasteiger partial charge < -0.3 is 5.73 Å². The van der Waals surface area contributed by atoms with E-state index >= 15 is 0 Å². The van der Waals surface area contributed by atoms with Crippen molar-refractivity contribution >= 4 is 0 Å². The number of alkyl halides is 1. The molecule has 9 heavy (non-hydrogen) atoms. The van der Waals surface area contributed by atoms with Crippen molar-refractivity contribution in [2.45, 2.75) is 32.9 Å². The van der Waals surface area contributed by atoms with E-state index in [9.17, 15) is 4.39 Å². The summed E-state index contributed by atoms with van der Waals surface area (Å²) in [6, 6.07) is 0. The highest BCUT2D eigenvalue weighted by Gasteiger charge is 2.35. The van der Waals surface area contributed by atoms with Crippen LogP contribution in [0.3, 0.4) is 0 Å². The van der Waals surface area contributed by atoms with Gasteiger partial charge in [0.1, 0.15) is 6.17 Å². The Bertz CT molecular complexity index is 73.0. The fourth-order valence-electron chi connectivity index (χ4n) is 1.14. The summed E-state index contributed by atoms with van der Waals surface area (Å²) in [4.78, 5) is 0. The SMILES string of the molecule is CC1(C)CC(F)C1.CN. The van der Waals surface area contributed by atoms with E-state index in [0.717, 1.165) is 12.8 Å². The smallest absolute Gasteiger partial charge is 0.101 e. The van der Waals surface area contributed by atoms with E-state index in [-0.39, 0.29) is 0 Å². The Kier molecular flexibility index (Phi) is 3.12. The molecule has 0 aliphatic heterocycles. The molecular formula is C7H16FN. The zero-order valence-electron chi connectivity index (χ0n) is 6.45. The van der Waals surface area contributed by atoms with Gasteiger partial charge in [-0.15, -0.1) is 0 Å². The molecule has 0 saturated heterocycles. The molecule has 0 heterocycles. The topological polar surface area (TPSA) is 26.0 Å². The first-order valence-corrected chi connectivity index (χ1v) is 3.32. The molecule has 1 fully saturated rings. The predicted octanol–water partition coefficient (Wildman–Crippen LogP) is 1.72. The molecule has 1 aliphatic carbocycles. The largest absolute Gasteiger partial charge is 0.333 e. The van der Waals surface area contributed by atoms with Gasteiger partial charge in [0.2, 0.25) is 0 Å². The number of halogens is 1. The van der Waals surface area contributed by atoms with Crippen molar-refractivity contribution in [2.24, 2.45) is 11.1 Å². The minimum Gasteiger partial charge on any atom is -0.333 e. The zero-order chi connectivity index (χ0) is 7.49. The molecule has 1 nitrogen and oxygen atoms in total. The number of hydrogen-bond acceptors (Lipinski definition) is 1. The van der Waals surface area contributed by atoms with Crippen molar-refractivity contribution in [3.05, 3.63) is 0 Å². The Labute approximate surface area is 56.4 Å². The lowest BCUT2D eigenvalue weighted by Gasteiger charge is -2.37. The average Bonchev–Trinajstić information content (AvgIpc) is 1.67. The second-order valence-corrected chi connectivity index (χ2v) is 3.17. The molecule has 0 amide bonds. The van der Waals surface area contributed by atoms with Gasteiger partial charge in [-0.2, -0.15) is 0 Å². The fourth-order valence-corrected chi connectivity index (χ4v) is 1.14. The van der Waals surface area contributed by atoms with Crippen molar-refractivity contribution in [2.75, 3.05) is 7.05 Å². The maximum Gasteiger partial charge on any atom is 0.101 e. The van der Waals surface area contributed by atoms with Gasteiger partial charge in [0.15, 0.2) is 0 Å². The number of nitrogens with two attached hydrogens (primary N) is 1. The molecule has 1 saturated carbocycles. The highest BCUT2D eigenvalue weighted by molar-refractivity contribution is 4.86. The lowest BCUT2D eigenvalue weighted by molar-refractivity contribution is 0.0591. The normalized spacial score (nSPS) is 23.7. The summed E-state index contributed by atoms with van der Waals surface area (Å²) >= 11 is 0. The van der Waals surface area contributed by atoms with Crippen LogP contribution in [0, 0.1) is 5.41 Å². The minimum absolute atomic E-state index is 0.319. The van der Waals surface area contributed by atoms with Gasteiger partial charge in [0.05, 0.1) is 0 Å². The first-order valence-electron chi connectivity index (χ1n) is 3.32. The highest BCUT2D eigenvalue weighted by Crippen LogP contribution is 2.41. The summed E-state index contributed by atoms with van der Waals surface area (Å²) in [7, 11) is 1.50. The Morgan fingerprint density at radius 3 is 1.67 bits per heavy atom. The van der Waals surface area contributed by atoms with E-state index in [4.69, 9.17) is 0 Å². The summed E-state index contributed by atoms with van der Waals surface area (Å²) in [6.07, 6.45) is 1.05. The van der Waals surface area contributed by atoms with Gasteiger partial charge in [0, 0.05) is 0 Å². The monoisotopic (exact) mass is 133 g/mol. The predicted molar refractivity (Wildman–Crippen MR) is 38.0 cm³/mol. The molecule has 0 aromatic heterocycles. The van der Waals surface area contributed by atoms with Crippen LogP contribution in [0.1, 0.15) is 26.7 Å². The number of hydrogen-bond donors (Lipinski definition) is 1. The van der Waals surface area contributed by atoms with Crippen LogP contribution in [0.5, 0.6) is 0 Å². The van der Waals surface area contributed by atoms with Gasteiger partial charge in [-0.05, 0) is 25.3 Å². The van der Waals surface area contributed by atoms with Crippen LogP contribution >= 0.6 is 0 Å². The second kappa shape index (κ2) is 3.16. The van der Waals surface area contributed by atoms with Crippen LogP contribution in [0.15, 0.2) is 0 Å². The Hall–Kier alpha value is -0.110. The van der Waals surface area contributed by atoms with E-state index in [1.807, 2.05) is 0 Å². The molecule has 0 aromatic carbocycles. The molecule has 2 N–H and O–H groups in total. The maximum absolute atomic E-state index is 12.0. The molecule has 0 bridgehead atoms. The average molecular weight is 133 g/mol. The quantitative estimate of drug-likeness (QED) is 0.535. The summed E-state index contributed by atoms with van der Waals surface area (Å²) in [5.41, 5.74) is 4.82.